The number of hydrogen-bond acceptors (Lipinski definition) is 4. The van der Waals surface area contributed by atoms with Gasteiger partial charge in [-0.15, -0.1) is 0 Å². The summed E-state index contributed by atoms with van der Waals surface area (Å²) in [5.41, 5.74) is 7.23. The van der Waals surface area contributed by atoms with E-state index in [1.165, 1.54) is 0 Å². The van der Waals surface area contributed by atoms with E-state index >= 15 is 0 Å². The van der Waals surface area contributed by atoms with Crippen LogP contribution in [0.5, 0.6) is 0 Å². The number of rotatable bonds is 2. The minimum Gasteiger partial charge on any atom is -0.398 e. The second-order valence-electron chi connectivity index (χ2n) is 5.10. The maximum Gasteiger partial charge on any atom is 0.243 e. The molecule has 2 N–H and O–H groups in total. The van der Waals surface area contributed by atoms with Gasteiger partial charge in [-0.2, -0.15) is 16.1 Å². The number of hydrogen-bond donors (Lipinski definition) is 1. The van der Waals surface area contributed by atoms with E-state index in [9.17, 15) is 8.42 Å². The number of benzene rings is 1. The number of nitrogens with two attached hydrogens (primary N) is 1. The molecule has 0 aliphatic carbocycles. The average Bonchev–Trinajstić information content (AvgIpc) is 2.31. The van der Waals surface area contributed by atoms with E-state index in [2.05, 4.69) is 13.8 Å². The first-order valence-electron chi connectivity index (χ1n) is 6.32. The fraction of sp³-hybridized carbons (Fsp3) is 0.538. The van der Waals surface area contributed by atoms with Crippen molar-refractivity contribution in [2.45, 2.75) is 36.2 Å². The Kier molecular flexibility index (Phi) is 4.13. The molecule has 6 heteroatoms. The summed E-state index contributed by atoms with van der Waals surface area (Å²) in [4.78, 5) is 0.293. The predicted octanol–water partition coefficient (Wildman–Crippen LogP) is 2.09. The summed E-state index contributed by atoms with van der Waals surface area (Å²) in [7, 11) is -3.43. The molecule has 2 rings (SSSR count). The van der Waals surface area contributed by atoms with E-state index in [-0.39, 0.29) is 0 Å². The van der Waals surface area contributed by atoms with Crippen LogP contribution in [0, 0.1) is 6.92 Å². The highest BCUT2D eigenvalue weighted by Crippen LogP contribution is 2.29. The molecule has 1 saturated heterocycles. The van der Waals surface area contributed by atoms with Crippen LogP contribution in [-0.2, 0) is 10.0 Å². The van der Waals surface area contributed by atoms with Crippen LogP contribution in [0.15, 0.2) is 23.1 Å². The van der Waals surface area contributed by atoms with E-state index in [1.807, 2.05) is 18.7 Å². The van der Waals surface area contributed by atoms with Crippen molar-refractivity contribution in [2.75, 3.05) is 18.8 Å². The monoisotopic (exact) mass is 300 g/mol. The number of aryl methyl sites for hydroxylation is 1. The Labute approximate surface area is 119 Å². The van der Waals surface area contributed by atoms with Crippen molar-refractivity contribution < 1.29 is 8.42 Å². The molecule has 0 saturated carbocycles. The van der Waals surface area contributed by atoms with E-state index in [4.69, 9.17) is 5.73 Å². The molecule has 0 amide bonds. The Bertz CT molecular complexity index is 562. The first-order chi connectivity index (χ1) is 8.80. The Morgan fingerprint density at radius 1 is 1.26 bits per heavy atom. The van der Waals surface area contributed by atoms with Gasteiger partial charge in [0, 0.05) is 29.3 Å². The lowest BCUT2D eigenvalue weighted by molar-refractivity contribution is 0.405. The SMILES string of the molecule is Cc1ccc(S(=O)(=O)N2CC(C)SC(C)C2)cc1N. The van der Waals surface area contributed by atoms with Gasteiger partial charge in [0.05, 0.1) is 4.90 Å². The highest BCUT2D eigenvalue weighted by Gasteiger charge is 2.32. The van der Waals surface area contributed by atoms with E-state index in [0.717, 1.165) is 5.56 Å². The van der Waals surface area contributed by atoms with Crippen LogP contribution < -0.4 is 5.73 Å². The number of nitrogen functional groups attached to an aromatic ring is 1. The number of thioether (sulfide) groups is 1. The molecular formula is C13H20N2O2S2. The fourth-order valence-electron chi connectivity index (χ4n) is 2.26. The molecule has 1 fully saturated rings. The van der Waals surface area contributed by atoms with Crippen LogP contribution in [-0.4, -0.2) is 36.3 Å². The maximum atomic E-state index is 12.6. The summed E-state index contributed by atoms with van der Waals surface area (Å²) in [6.07, 6.45) is 0. The molecule has 1 aliphatic rings. The molecule has 1 aromatic carbocycles. The largest absolute Gasteiger partial charge is 0.398 e. The van der Waals surface area contributed by atoms with Gasteiger partial charge in [0.15, 0.2) is 0 Å². The van der Waals surface area contributed by atoms with Gasteiger partial charge in [0.2, 0.25) is 10.0 Å². The van der Waals surface area contributed by atoms with Crippen molar-refractivity contribution >= 4 is 27.5 Å². The van der Waals surface area contributed by atoms with E-state index in [1.54, 1.807) is 22.5 Å². The summed E-state index contributed by atoms with van der Waals surface area (Å²) in [6.45, 7) is 7.11. The van der Waals surface area contributed by atoms with Gasteiger partial charge in [-0.25, -0.2) is 8.42 Å². The summed E-state index contributed by atoms with van der Waals surface area (Å²) in [5, 5.41) is 0.641. The molecule has 4 nitrogen and oxygen atoms in total. The van der Waals surface area contributed by atoms with E-state index in [0.29, 0.717) is 34.2 Å². The Balaban J connectivity index is 2.33. The lowest BCUT2D eigenvalue weighted by Gasteiger charge is -2.33. The third kappa shape index (κ3) is 3.07. The zero-order chi connectivity index (χ0) is 14.2. The summed E-state index contributed by atoms with van der Waals surface area (Å²) in [6, 6.07) is 4.95. The summed E-state index contributed by atoms with van der Waals surface area (Å²) >= 11 is 1.83. The van der Waals surface area contributed by atoms with E-state index < -0.39 is 10.0 Å². The van der Waals surface area contributed by atoms with Crippen molar-refractivity contribution in [3.05, 3.63) is 23.8 Å². The Morgan fingerprint density at radius 2 is 1.84 bits per heavy atom. The molecule has 1 aromatic rings. The molecule has 0 spiro atoms. The standard InChI is InChI=1S/C13H20N2O2S2/c1-9-4-5-12(6-13(9)14)19(16,17)15-7-10(2)18-11(3)8-15/h4-6,10-11H,7-8,14H2,1-3H3. The van der Waals surface area contributed by atoms with Crippen molar-refractivity contribution in [3.8, 4) is 0 Å². The minimum atomic E-state index is -3.43. The molecule has 2 atom stereocenters. The van der Waals surface area contributed by atoms with Gasteiger partial charge in [-0.3, -0.25) is 0 Å². The summed E-state index contributed by atoms with van der Waals surface area (Å²) < 4.78 is 26.8. The lowest BCUT2D eigenvalue weighted by atomic mass is 10.2. The molecule has 0 radical (unpaired) electrons. The second kappa shape index (κ2) is 5.34. The van der Waals surface area contributed by atoms with Gasteiger partial charge < -0.3 is 5.73 Å². The maximum absolute atomic E-state index is 12.6. The molecule has 19 heavy (non-hydrogen) atoms. The molecular weight excluding hydrogens is 280 g/mol. The Morgan fingerprint density at radius 3 is 2.37 bits per heavy atom. The van der Waals surface area contributed by atoms with Crippen LogP contribution in [0.4, 0.5) is 5.69 Å². The van der Waals surface area contributed by atoms with Crippen molar-refractivity contribution in [1.82, 2.24) is 4.31 Å². The zero-order valence-corrected chi connectivity index (χ0v) is 13.1. The third-order valence-corrected chi connectivity index (χ3v) is 6.33. The van der Waals surface area contributed by atoms with Crippen molar-refractivity contribution in [3.63, 3.8) is 0 Å². The van der Waals surface area contributed by atoms with Crippen LogP contribution in [0.25, 0.3) is 0 Å². The van der Waals surface area contributed by atoms with Gasteiger partial charge in [0.25, 0.3) is 0 Å². The van der Waals surface area contributed by atoms with Crippen molar-refractivity contribution in [1.29, 1.82) is 0 Å². The smallest absolute Gasteiger partial charge is 0.243 e. The Hall–Kier alpha value is -0.720. The fourth-order valence-corrected chi connectivity index (χ4v) is 5.42. The van der Waals surface area contributed by atoms with Gasteiger partial charge >= 0.3 is 0 Å². The van der Waals surface area contributed by atoms with Crippen molar-refractivity contribution in [2.24, 2.45) is 0 Å². The molecule has 1 heterocycles. The second-order valence-corrected chi connectivity index (χ2v) is 8.92. The van der Waals surface area contributed by atoms with Gasteiger partial charge in [-0.05, 0) is 24.6 Å². The van der Waals surface area contributed by atoms with Gasteiger partial charge in [-0.1, -0.05) is 19.9 Å². The predicted molar refractivity (Wildman–Crippen MR) is 80.9 cm³/mol. The molecule has 2 unspecified atom stereocenters. The number of nitrogens with zero attached hydrogens (tertiary/aromatic N) is 1. The highest BCUT2D eigenvalue weighted by molar-refractivity contribution is 8.00. The molecule has 1 aliphatic heterocycles. The van der Waals surface area contributed by atoms with Crippen LogP contribution in [0.3, 0.4) is 0 Å². The first kappa shape index (κ1) is 14.7. The average molecular weight is 300 g/mol. The highest BCUT2D eigenvalue weighted by atomic mass is 32.2. The first-order valence-corrected chi connectivity index (χ1v) is 8.70. The van der Waals surface area contributed by atoms with Crippen LogP contribution in [0.1, 0.15) is 19.4 Å². The van der Waals surface area contributed by atoms with Gasteiger partial charge in [0.1, 0.15) is 0 Å². The van der Waals surface area contributed by atoms with Crippen LogP contribution >= 0.6 is 11.8 Å². The zero-order valence-electron chi connectivity index (χ0n) is 11.5. The molecule has 0 bridgehead atoms. The third-order valence-electron chi connectivity index (χ3n) is 3.27. The molecule has 106 valence electrons. The quantitative estimate of drug-likeness (QED) is 0.850. The van der Waals surface area contributed by atoms with Crippen LogP contribution in [0.2, 0.25) is 0 Å². The number of sulfonamides is 1. The minimum absolute atomic E-state index is 0.293. The topological polar surface area (TPSA) is 63.4 Å². The lowest BCUT2D eigenvalue weighted by Crippen LogP contribution is -2.43. The normalized spacial score (nSPS) is 25.4. The molecule has 0 aromatic heterocycles. The number of anilines is 1. The summed E-state index contributed by atoms with van der Waals surface area (Å²) in [5.74, 6) is 0.